The molecule has 1 aromatic heterocycles. The highest BCUT2D eigenvalue weighted by molar-refractivity contribution is 14.1. The summed E-state index contributed by atoms with van der Waals surface area (Å²) in [5.74, 6) is 1.28. The van der Waals surface area contributed by atoms with E-state index in [1.54, 1.807) is 0 Å². The number of nitrogens with one attached hydrogen (secondary N) is 2. The molecule has 0 saturated heterocycles. The molecular weight excluding hydrogens is 381 g/mol. The largest absolute Gasteiger partial charge is 0.437 e. The van der Waals surface area contributed by atoms with E-state index in [4.69, 9.17) is 4.74 Å². The number of H-pyrrole nitrogens is 1. The molecule has 1 amide bonds. The predicted octanol–water partition coefficient (Wildman–Crippen LogP) is 3.34. The minimum Gasteiger partial charge on any atom is -0.437 e. The summed E-state index contributed by atoms with van der Waals surface area (Å²) in [6.07, 6.45) is 0.784. The Morgan fingerprint density at radius 3 is 2.95 bits per heavy atom. The zero-order valence-electron chi connectivity index (χ0n) is 12.1. The summed E-state index contributed by atoms with van der Waals surface area (Å²) in [7, 11) is 0. The van der Waals surface area contributed by atoms with Crippen LogP contribution in [0.5, 0.6) is 11.6 Å². The van der Waals surface area contributed by atoms with Gasteiger partial charge in [0.1, 0.15) is 5.75 Å². The van der Waals surface area contributed by atoms with Gasteiger partial charge in [0.15, 0.2) is 0 Å². The maximum Gasteiger partial charge on any atom is 0.241 e. The number of nitrogens with zero attached hydrogens (tertiary/aromatic N) is 1. The Balaban J connectivity index is 2.17. The third kappa shape index (κ3) is 4.20. The first kappa shape index (κ1) is 15.8. The number of carbonyl (C=O) groups is 1. The van der Waals surface area contributed by atoms with Crippen molar-refractivity contribution in [3.05, 3.63) is 41.1 Å². The van der Waals surface area contributed by atoms with Crippen LogP contribution in [-0.4, -0.2) is 16.1 Å². The number of hydrogen-bond acceptors (Lipinski definition) is 3. The van der Waals surface area contributed by atoms with Crippen molar-refractivity contribution in [2.45, 2.75) is 31.2 Å². The minimum absolute atomic E-state index is 0.0659. The van der Waals surface area contributed by atoms with Gasteiger partial charge in [-0.15, -0.1) is 5.10 Å². The maximum atomic E-state index is 11.0. The second kappa shape index (κ2) is 7.44. The molecule has 1 heterocycles. The molecule has 0 aliphatic carbocycles. The highest BCUT2D eigenvalue weighted by Crippen LogP contribution is 2.26. The van der Waals surface area contributed by atoms with Crippen molar-refractivity contribution in [3.8, 4) is 11.6 Å². The smallest absolute Gasteiger partial charge is 0.241 e. The quantitative estimate of drug-likeness (QED) is 0.579. The summed E-state index contributed by atoms with van der Waals surface area (Å²) in [4.78, 5) is 11.0. The third-order valence-corrected chi connectivity index (χ3v) is 3.93. The van der Waals surface area contributed by atoms with Gasteiger partial charge in [-0.05, 0) is 24.1 Å². The Hall–Kier alpha value is -1.57. The van der Waals surface area contributed by atoms with Gasteiger partial charge in [-0.3, -0.25) is 9.89 Å². The summed E-state index contributed by atoms with van der Waals surface area (Å²) in [6.45, 7) is 3.97. The van der Waals surface area contributed by atoms with Crippen LogP contribution in [0.25, 0.3) is 0 Å². The number of carbonyl (C=O) groups excluding carboxylic acids is 1. The topological polar surface area (TPSA) is 67.0 Å². The first-order chi connectivity index (χ1) is 10.1. The molecule has 2 aromatic rings. The number of amides is 1. The van der Waals surface area contributed by atoms with Crippen LogP contribution >= 0.6 is 22.6 Å². The van der Waals surface area contributed by atoms with Crippen LogP contribution in [0.1, 0.15) is 30.7 Å². The van der Waals surface area contributed by atoms with Crippen LogP contribution in [-0.2, 0) is 22.2 Å². The Morgan fingerprint density at radius 2 is 2.29 bits per heavy atom. The summed E-state index contributed by atoms with van der Waals surface area (Å²) < 4.78 is 6.81. The lowest BCUT2D eigenvalue weighted by molar-refractivity contribution is -0.119. The SMILES string of the molecule is CCc1c(Oc2cccc(CI)c2)n[nH]c1CNC(C)=O. The Morgan fingerprint density at radius 1 is 1.48 bits per heavy atom. The molecule has 1 aromatic carbocycles. The van der Waals surface area contributed by atoms with Gasteiger partial charge in [-0.2, -0.15) is 0 Å². The molecule has 5 nitrogen and oxygen atoms in total. The van der Waals surface area contributed by atoms with Crippen LogP contribution in [0.2, 0.25) is 0 Å². The molecule has 0 aliphatic rings. The van der Waals surface area contributed by atoms with Crippen molar-refractivity contribution in [1.82, 2.24) is 15.5 Å². The average Bonchev–Trinajstić information content (AvgIpc) is 2.87. The number of rotatable bonds is 6. The van der Waals surface area contributed by atoms with Crippen molar-refractivity contribution < 1.29 is 9.53 Å². The van der Waals surface area contributed by atoms with Gasteiger partial charge in [0.2, 0.25) is 11.8 Å². The fourth-order valence-electron chi connectivity index (χ4n) is 1.99. The van der Waals surface area contributed by atoms with E-state index in [1.165, 1.54) is 12.5 Å². The fraction of sp³-hybridized carbons (Fsp3) is 0.333. The number of aromatic amines is 1. The molecular formula is C15H18IN3O2. The Bertz CT molecular complexity index is 625. The zero-order chi connectivity index (χ0) is 15.2. The van der Waals surface area contributed by atoms with Crippen LogP contribution in [0.4, 0.5) is 0 Å². The summed E-state index contributed by atoms with van der Waals surface area (Å²) in [5, 5.41) is 9.92. The number of halogens is 1. The van der Waals surface area contributed by atoms with Gasteiger partial charge >= 0.3 is 0 Å². The zero-order valence-corrected chi connectivity index (χ0v) is 14.2. The number of hydrogen-bond donors (Lipinski definition) is 2. The lowest BCUT2D eigenvalue weighted by Crippen LogP contribution is -2.19. The van der Waals surface area contributed by atoms with E-state index < -0.39 is 0 Å². The van der Waals surface area contributed by atoms with Gasteiger partial charge in [0.05, 0.1) is 12.2 Å². The van der Waals surface area contributed by atoms with E-state index in [2.05, 4.69) is 44.2 Å². The maximum absolute atomic E-state index is 11.0. The number of aromatic nitrogens is 2. The van der Waals surface area contributed by atoms with Gasteiger partial charge in [0.25, 0.3) is 0 Å². The normalized spacial score (nSPS) is 10.4. The second-order valence-corrected chi connectivity index (χ2v) is 5.40. The Labute approximate surface area is 137 Å². The Kier molecular flexibility index (Phi) is 5.60. The molecule has 0 bridgehead atoms. The van der Waals surface area contributed by atoms with E-state index in [0.717, 1.165) is 27.9 Å². The molecule has 21 heavy (non-hydrogen) atoms. The van der Waals surface area contributed by atoms with E-state index in [9.17, 15) is 4.79 Å². The molecule has 0 saturated carbocycles. The van der Waals surface area contributed by atoms with Gasteiger partial charge < -0.3 is 10.1 Å². The summed E-state index contributed by atoms with van der Waals surface area (Å²) >= 11 is 2.32. The van der Waals surface area contributed by atoms with Crippen molar-refractivity contribution in [2.75, 3.05) is 0 Å². The highest BCUT2D eigenvalue weighted by atomic mass is 127. The average molecular weight is 399 g/mol. The number of benzene rings is 1. The fourth-order valence-corrected chi connectivity index (χ4v) is 2.47. The number of alkyl halides is 1. The van der Waals surface area contributed by atoms with Crippen LogP contribution in [0.3, 0.4) is 0 Å². The molecule has 0 atom stereocenters. The highest BCUT2D eigenvalue weighted by Gasteiger charge is 2.14. The van der Waals surface area contributed by atoms with Crippen molar-refractivity contribution in [1.29, 1.82) is 0 Å². The van der Waals surface area contributed by atoms with Crippen LogP contribution < -0.4 is 10.1 Å². The second-order valence-electron chi connectivity index (χ2n) is 4.63. The molecule has 0 spiro atoms. The van der Waals surface area contributed by atoms with Gasteiger partial charge in [-0.25, -0.2) is 0 Å². The molecule has 0 fully saturated rings. The van der Waals surface area contributed by atoms with Crippen LogP contribution in [0.15, 0.2) is 24.3 Å². The lowest BCUT2D eigenvalue weighted by atomic mass is 10.2. The van der Waals surface area contributed by atoms with E-state index in [1.807, 2.05) is 25.1 Å². The molecule has 0 radical (unpaired) electrons. The predicted molar refractivity (Wildman–Crippen MR) is 89.7 cm³/mol. The van der Waals surface area contributed by atoms with E-state index in [0.29, 0.717) is 12.4 Å². The van der Waals surface area contributed by atoms with Crippen molar-refractivity contribution >= 4 is 28.5 Å². The molecule has 6 heteroatoms. The monoisotopic (exact) mass is 399 g/mol. The first-order valence-corrected chi connectivity index (χ1v) is 8.30. The summed E-state index contributed by atoms with van der Waals surface area (Å²) in [5.41, 5.74) is 3.08. The van der Waals surface area contributed by atoms with Gasteiger partial charge in [-0.1, -0.05) is 41.6 Å². The van der Waals surface area contributed by atoms with E-state index in [-0.39, 0.29) is 5.91 Å². The molecule has 2 rings (SSSR count). The summed E-state index contributed by atoms with van der Waals surface area (Å²) in [6, 6.07) is 7.96. The lowest BCUT2D eigenvalue weighted by Gasteiger charge is -2.07. The van der Waals surface area contributed by atoms with Crippen molar-refractivity contribution in [2.24, 2.45) is 0 Å². The third-order valence-electron chi connectivity index (χ3n) is 3.05. The molecule has 2 N–H and O–H groups in total. The minimum atomic E-state index is -0.0659. The van der Waals surface area contributed by atoms with E-state index >= 15 is 0 Å². The standard InChI is InChI=1S/C15H18IN3O2/c1-3-13-14(9-17-10(2)20)18-19-15(13)21-12-6-4-5-11(7-12)8-16/h4-7H,3,8-9H2,1-2H3,(H,17,20)(H,18,19). The van der Waals surface area contributed by atoms with Crippen molar-refractivity contribution in [3.63, 3.8) is 0 Å². The molecule has 0 unspecified atom stereocenters. The van der Waals surface area contributed by atoms with Crippen LogP contribution in [0, 0.1) is 0 Å². The number of ether oxygens (including phenoxy) is 1. The molecule has 112 valence electrons. The molecule has 0 aliphatic heterocycles. The first-order valence-electron chi connectivity index (χ1n) is 6.77. The van der Waals surface area contributed by atoms with Gasteiger partial charge in [0, 0.05) is 16.9 Å².